The van der Waals surface area contributed by atoms with Crippen molar-refractivity contribution in [2.75, 3.05) is 14.2 Å². The number of hydrogen-bond acceptors (Lipinski definition) is 2. The molecule has 1 aliphatic rings. The normalized spacial score (nSPS) is 12.5. The maximum absolute atomic E-state index is 5.33. The van der Waals surface area contributed by atoms with Gasteiger partial charge < -0.3 is 9.47 Å². The van der Waals surface area contributed by atoms with Crippen LogP contribution >= 0.6 is 0 Å². The molecule has 0 bridgehead atoms. The van der Waals surface area contributed by atoms with E-state index in [2.05, 4.69) is 157 Å². The topological polar surface area (TPSA) is 18.5 Å². The summed E-state index contributed by atoms with van der Waals surface area (Å²) in [6, 6.07) is 43.1. The van der Waals surface area contributed by atoms with Gasteiger partial charge in [0.1, 0.15) is 0 Å². The van der Waals surface area contributed by atoms with Crippen molar-refractivity contribution < 1.29 is 33.4 Å². The summed E-state index contributed by atoms with van der Waals surface area (Å²) >= 11 is 1.08. The molecule has 0 fully saturated rings. The Morgan fingerprint density at radius 2 is 1.08 bits per heavy atom. The van der Waals surface area contributed by atoms with Crippen molar-refractivity contribution in [3.8, 4) is 11.5 Å². The van der Waals surface area contributed by atoms with Crippen LogP contribution in [0.4, 0.5) is 0 Å². The van der Waals surface area contributed by atoms with Crippen molar-refractivity contribution in [2.45, 2.75) is 58.8 Å². The molecule has 6 aromatic rings. The van der Waals surface area contributed by atoms with Crippen LogP contribution in [-0.4, -0.2) is 17.5 Å². The Morgan fingerprint density at radius 1 is 0.620 bits per heavy atom. The van der Waals surface area contributed by atoms with E-state index >= 15 is 0 Å². The summed E-state index contributed by atoms with van der Waals surface area (Å²) in [5.74, 6) is 1.65. The molecule has 7 rings (SSSR count). The number of ether oxygens (including phenoxy) is 2. The third kappa shape index (κ3) is 8.92. The number of hydrogen-bond donors (Lipinski definition) is 0. The fourth-order valence-electron chi connectivity index (χ4n) is 6.02. The quantitative estimate of drug-likeness (QED) is 0.127. The molecule has 50 heavy (non-hydrogen) atoms. The number of methoxy groups -OCH3 is 2. The summed E-state index contributed by atoms with van der Waals surface area (Å²) < 4.78 is 12.1. The maximum atomic E-state index is 5.33. The van der Waals surface area contributed by atoms with Crippen LogP contribution in [0.1, 0.15) is 75.8 Å². The second-order valence-electron chi connectivity index (χ2n) is 14.6. The first-order chi connectivity index (χ1) is 23.9. The predicted octanol–water partition coefficient (Wildman–Crippen LogP) is 12.0. The van der Waals surface area contributed by atoms with Crippen LogP contribution in [0.15, 0.2) is 133 Å². The van der Waals surface area contributed by atoms with Crippen LogP contribution in [0, 0.1) is 6.08 Å². The molecule has 0 aliphatic heterocycles. The van der Waals surface area contributed by atoms with Crippen LogP contribution < -0.4 is 9.47 Å². The zero-order chi connectivity index (χ0) is 35.9. The van der Waals surface area contributed by atoms with Crippen molar-refractivity contribution in [3.63, 3.8) is 0 Å². The number of rotatable bonds is 5. The van der Waals surface area contributed by atoms with E-state index in [-0.39, 0.29) is 10.8 Å². The molecule has 0 saturated heterocycles. The zero-order valence-electron chi connectivity index (χ0n) is 30.7. The number of allylic oxidation sites excluding steroid dienone is 4. The van der Waals surface area contributed by atoms with Crippen molar-refractivity contribution in [1.82, 2.24) is 0 Å². The first-order valence-electron chi connectivity index (χ1n) is 17.2. The molecule has 0 N–H and O–H groups in total. The molecule has 0 heterocycles. The Labute approximate surface area is 313 Å². The fraction of sp³-hybridized carbons (Fsp3) is 0.234. The Morgan fingerprint density at radius 3 is 1.46 bits per heavy atom. The van der Waals surface area contributed by atoms with E-state index in [9.17, 15) is 0 Å². The summed E-state index contributed by atoms with van der Waals surface area (Å²) in [5.41, 5.74) is 7.95. The van der Waals surface area contributed by atoms with E-state index in [4.69, 9.17) is 9.47 Å². The molecule has 0 aromatic heterocycles. The van der Waals surface area contributed by atoms with Crippen LogP contribution in [0.3, 0.4) is 0 Å². The number of fused-ring (bicyclic) bond motifs is 3. The van der Waals surface area contributed by atoms with Crippen LogP contribution in [0.25, 0.3) is 27.1 Å². The van der Waals surface area contributed by atoms with Gasteiger partial charge in [0.05, 0.1) is 25.7 Å². The third-order valence-electron chi connectivity index (χ3n) is 8.95. The van der Waals surface area contributed by atoms with Gasteiger partial charge in [-0.05, 0) is 28.5 Å². The minimum atomic E-state index is 0.203. The third-order valence-corrected chi connectivity index (χ3v) is 11.0. The standard InChI is InChI=1S/C21H25.C13H13O2.C13H10.Hf/c1-20(2,3)16-7-9-18-14(12-16)11-15-13-17(21(4,5)6)8-10-19(15)18;1-14-11-8-5-9-12(15-2)13(11)10-6-3-4-7-10;1-3-7-12(8-4-1)11-13-9-5-2-6-10-13;/h7-13H,1-6H3;3,5-6,8-9H,4H2,1-2H3;1-10H;/q2*-1;;+2. The van der Waals surface area contributed by atoms with Crippen LogP contribution in [0.2, 0.25) is 0 Å². The first-order valence-corrected chi connectivity index (χ1v) is 19.0. The molecule has 0 saturated carbocycles. The Kier molecular flexibility index (Phi) is 12.0. The second kappa shape index (κ2) is 16.2. The molecular formula is C47H48HfO2. The van der Waals surface area contributed by atoms with Gasteiger partial charge in [-0.2, -0.15) is 17.7 Å². The Balaban J connectivity index is 0.000000150. The van der Waals surface area contributed by atoms with E-state index in [1.165, 1.54) is 47.1 Å². The van der Waals surface area contributed by atoms with Crippen molar-refractivity contribution in [3.05, 3.63) is 167 Å². The minimum absolute atomic E-state index is 0.203. The van der Waals surface area contributed by atoms with Gasteiger partial charge in [0, 0.05) is 0 Å². The summed E-state index contributed by atoms with van der Waals surface area (Å²) in [4.78, 5) is 0. The van der Waals surface area contributed by atoms with Crippen LogP contribution in [-0.2, 0) is 34.7 Å². The molecule has 1 aliphatic carbocycles. The monoisotopic (exact) mass is 824 g/mol. The fourth-order valence-corrected chi connectivity index (χ4v) is 7.22. The van der Waals surface area contributed by atoms with Gasteiger partial charge in [-0.15, -0.1) is 45.8 Å². The van der Waals surface area contributed by atoms with Gasteiger partial charge in [0.25, 0.3) is 0 Å². The average molecular weight is 823 g/mol. The molecule has 0 radical (unpaired) electrons. The van der Waals surface area contributed by atoms with Gasteiger partial charge in [-0.3, -0.25) is 0 Å². The first kappa shape index (κ1) is 37.1. The molecule has 0 spiro atoms. The van der Waals surface area contributed by atoms with Gasteiger partial charge in [0.15, 0.2) is 0 Å². The van der Waals surface area contributed by atoms with Gasteiger partial charge in [-0.25, -0.2) is 0 Å². The van der Waals surface area contributed by atoms with Crippen molar-refractivity contribution in [1.29, 1.82) is 0 Å². The van der Waals surface area contributed by atoms with E-state index in [0.29, 0.717) is 0 Å². The Hall–Kier alpha value is -4.21. The number of benzene rings is 5. The predicted molar refractivity (Wildman–Crippen MR) is 210 cm³/mol. The molecule has 0 unspecified atom stereocenters. The molecule has 3 heteroatoms. The molecule has 0 amide bonds. The van der Waals surface area contributed by atoms with Crippen molar-refractivity contribution in [2.24, 2.45) is 0 Å². The van der Waals surface area contributed by atoms with Gasteiger partial charge >= 0.3 is 98.9 Å². The van der Waals surface area contributed by atoms with Crippen molar-refractivity contribution >= 4 is 30.4 Å². The summed E-state index contributed by atoms with van der Waals surface area (Å²) in [6.45, 7) is 13.6. The van der Waals surface area contributed by atoms with E-state index < -0.39 is 0 Å². The molecule has 2 nitrogen and oxygen atoms in total. The molecule has 252 valence electrons. The zero-order valence-corrected chi connectivity index (χ0v) is 34.3. The van der Waals surface area contributed by atoms with E-state index in [1.807, 2.05) is 24.3 Å². The molecular weight excluding hydrogens is 775 g/mol. The summed E-state index contributed by atoms with van der Waals surface area (Å²) in [6.07, 6.45) is 8.24. The SMILES string of the molecule is CC(C)(C)c1ccc2c(c1)[cH-]c1cc(C(C)(C)C)ccc12.COc1cccc(OC)c1C1=[C-]CC=C1.[Hf+2]=[C](c1ccccc1)c1ccccc1. The van der Waals surface area contributed by atoms with E-state index in [1.54, 1.807) is 14.2 Å². The van der Waals surface area contributed by atoms with E-state index in [0.717, 1.165) is 52.9 Å². The summed E-state index contributed by atoms with van der Waals surface area (Å²) in [7, 11) is 3.33. The van der Waals surface area contributed by atoms with Gasteiger partial charge in [-0.1, -0.05) is 89.4 Å². The average Bonchev–Trinajstić information content (AvgIpc) is 3.79. The molecule has 0 atom stereocenters. The van der Waals surface area contributed by atoms with Crippen LogP contribution in [0.5, 0.6) is 11.5 Å². The van der Waals surface area contributed by atoms with Gasteiger partial charge in [0.2, 0.25) is 0 Å². The molecule has 6 aromatic carbocycles. The second-order valence-corrected chi connectivity index (χ2v) is 16.4. The Bertz CT molecular complexity index is 1990. The summed E-state index contributed by atoms with van der Waals surface area (Å²) in [5, 5.41) is 5.48.